The number of nitrogens with one attached hydrogen (secondary N) is 2. The van der Waals surface area contributed by atoms with E-state index in [1.807, 2.05) is 24.3 Å². The largest absolute Gasteiger partial charge is 0.382 e. The first-order chi connectivity index (χ1) is 14.1. The van der Waals surface area contributed by atoms with Gasteiger partial charge in [0, 0.05) is 28.5 Å². The second kappa shape index (κ2) is 8.79. The van der Waals surface area contributed by atoms with Crippen molar-refractivity contribution in [1.82, 2.24) is 15.5 Å². The molecule has 2 heterocycles. The van der Waals surface area contributed by atoms with Gasteiger partial charge in [0.2, 0.25) is 0 Å². The van der Waals surface area contributed by atoms with E-state index in [0.717, 1.165) is 48.0 Å². The zero-order valence-corrected chi connectivity index (χ0v) is 17.1. The molecule has 1 unspecified atom stereocenters. The first-order valence-corrected chi connectivity index (χ1v) is 10.2. The summed E-state index contributed by atoms with van der Waals surface area (Å²) in [5, 5.41) is 12.2. The van der Waals surface area contributed by atoms with Crippen LogP contribution in [0.2, 0.25) is 5.02 Å². The molecule has 0 bridgehead atoms. The van der Waals surface area contributed by atoms with Crippen molar-refractivity contribution in [2.45, 2.75) is 24.4 Å². The zero-order chi connectivity index (χ0) is 20.3. The molecular weight excluding hydrogens is 393 g/mol. The highest BCUT2D eigenvalue weighted by atomic mass is 35.5. The minimum absolute atomic E-state index is 0.170. The van der Waals surface area contributed by atoms with Crippen LogP contribution in [0.1, 0.15) is 30.1 Å². The molecule has 1 atom stereocenters. The molecule has 1 saturated heterocycles. The third kappa shape index (κ3) is 4.31. The molecule has 29 heavy (non-hydrogen) atoms. The minimum atomic E-state index is -0.297. The molecule has 2 N–H and O–H groups in total. The maximum absolute atomic E-state index is 13.5. The van der Waals surface area contributed by atoms with E-state index >= 15 is 0 Å². The monoisotopic (exact) mass is 417 g/mol. The summed E-state index contributed by atoms with van der Waals surface area (Å²) in [6.45, 7) is 2.71. The third-order valence-electron chi connectivity index (χ3n) is 5.79. The number of piperidine rings is 1. The number of aromatic nitrogens is 2. The van der Waals surface area contributed by atoms with Crippen molar-refractivity contribution in [3.05, 3.63) is 64.6 Å². The molecule has 5 nitrogen and oxygen atoms in total. The highest BCUT2D eigenvalue weighted by Gasteiger charge is 2.35. The van der Waals surface area contributed by atoms with Crippen LogP contribution in [-0.2, 0) is 14.9 Å². The second-order valence-corrected chi connectivity index (χ2v) is 8.06. The molecule has 0 amide bonds. The standard InChI is InChI=1S/C22H25ClFN3O2/c1-28-13-20(19-11-17(23)10-15-12-26-27-21(15)19)29-14-22(6-8-25-9-7-22)16-2-4-18(24)5-3-16/h2-5,10-12,20,25H,6-9,13-14H2,1H3,(H,26,27). The highest BCUT2D eigenvalue weighted by molar-refractivity contribution is 6.31. The van der Waals surface area contributed by atoms with Crippen molar-refractivity contribution < 1.29 is 13.9 Å². The Bertz CT molecular complexity index is 954. The van der Waals surface area contributed by atoms with E-state index in [4.69, 9.17) is 21.1 Å². The maximum Gasteiger partial charge on any atom is 0.123 e. The Labute approximate surface area is 174 Å². The summed E-state index contributed by atoms with van der Waals surface area (Å²) >= 11 is 6.33. The van der Waals surface area contributed by atoms with Crippen LogP contribution in [0.4, 0.5) is 4.39 Å². The van der Waals surface area contributed by atoms with E-state index < -0.39 is 0 Å². The molecule has 1 fully saturated rings. The molecule has 3 aromatic rings. The number of methoxy groups -OCH3 is 1. The van der Waals surface area contributed by atoms with Crippen LogP contribution in [0, 0.1) is 5.82 Å². The van der Waals surface area contributed by atoms with Crippen molar-refractivity contribution in [3.8, 4) is 0 Å². The number of halogens is 2. The molecule has 0 aliphatic carbocycles. The van der Waals surface area contributed by atoms with Gasteiger partial charge in [0.15, 0.2) is 0 Å². The summed E-state index contributed by atoms with van der Waals surface area (Å²) in [7, 11) is 1.66. The van der Waals surface area contributed by atoms with Crippen molar-refractivity contribution in [2.75, 3.05) is 33.4 Å². The first kappa shape index (κ1) is 20.3. The van der Waals surface area contributed by atoms with Gasteiger partial charge in [-0.25, -0.2) is 4.39 Å². The SMILES string of the molecule is COCC(OCC1(c2ccc(F)cc2)CCNCC1)c1cc(Cl)cc2cn[nH]c12. The van der Waals surface area contributed by atoms with E-state index in [-0.39, 0.29) is 17.3 Å². The molecule has 0 spiro atoms. The van der Waals surface area contributed by atoms with Crippen LogP contribution in [0.25, 0.3) is 10.9 Å². The number of hydrogen-bond donors (Lipinski definition) is 2. The summed E-state index contributed by atoms with van der Waals surface area (Å²) < 4.78 is 25.4. The molecule has 0 radical (unpaired) electrons. The lowest BCUT2D eigenvalue weighted by Gasteiger charge is -2.39. The Balaban J connectivity index is 1.63. The number of nitrogens with zero attached hydrogens (tertiary/aromatic N) is 1. The second-order valence-electron chi connectivity index (χ2n) is 7.62. The van der Waals surface area contributed by atoms with Gasteiger partial charge in [0.1, 0.15) is 11.9 Å². The topological polar surface area (TPSA) is 59.2 Å². The lowest BCUT2D eigenvalue weighted by molar-refractivity contribution is -0.0311. The van der Waals surface area contributed by atoms with Gasteiger partial charge in [-0.3, -0.25) is 5.10 Å². The number of fused-ring (bicyclic) bond motifs is 1. The summed E-state index contributed by atoms with van der Waals surface area (Å²) in [6, 6.07) is 10.6. The van der Waals surface area contributed by atoms with Gasteiger partial charge in [0.05, 0.1) is 24.9 Å². The van der Waals surface area contributed by atoms with Crippen LogP contribution in [0.5, 0.6) is 0 Å². The predicted molar refractivity (Wildman–Crippen MR) is 112 cm³/mol. The van der Waals surface area contributed by atoms with Gasteiger partial charge in [0.25, 0.3) is 0 Å². The highest BCUT2D eigenvalue weighted by Crippen LogP contribution is 2.37. The molecular formula is C22H25ClFN3O2. The lowest BCUT2D eigenvalue weighted by Crippen LogP contribution is -2.43. The Morgan fingerprint density at radius 2 is 1.97 bits per heavy atom. The normalized spacial score (nSPS) is 17.5. The number of rotatable bonds is 7. The van der Waals surface area contributed by atoms with Crippen molar-refractivity contribution >= 4 is 22.5 Å². The lowest BCUT2D eigenvalue weighted by atomic mass is 9.74. The number of aromatic amines is 1. The van der Waals surface area contributed by atoms with E-state index in [0.29, 0.717) is 18.2 Å². The molecule has 1 aliphatic rings. The van der Waals surface area contributed by atoms with Crippen molar-refractivity contribution in [2.24, 2.45) is 0 Å². The fourth-order valence-electron chi connectivity index (χ4n) is 4.17. The minimum Gasteiger partial charge on any atom is -0.382 e. The van der Waals surface area contributed by atoms with E-state index in [1.165, 1.54) is 12.1 Å². The Hall–Kier alpha value is -1.99. The number of hydrogen-bond acceptors (Lipinski definition) is 4. The van der Waals surface area contributed by atoms with Crippen LogP contribution >= 0.6 is 11.6 Å². The summed E-state index contributed by atoms with van der Waals surface area (Å²) in [5.41, 5.74) is 2.76. The summed E-state index contributed by atoms with van der Waals surface area (Å²) in [6.07, 6.45) is 3.30. The smallest absolute Gasteiger partial charge is 0.123 e. The van der Waals surface area contributed by atoms with Crippen LogP contribution in [0.3, 0.4) is 0 Å². The number of H-pyrrole nitrogens is 1. The Kier molecular flexibility index (Phi) is 6.15. The molecule has 2 aromatic carbocycles. The molecule has 1 aliphatic heterocycles. The van der Waals surface area contributed by atoms with E-state index in [2.05, 4.69) is 15.5 Å². The predicted octanol–water partition coefficient (Wildman–Crippen LogP) is 4.38. The van der Waals surface area contributed by atoms with Crippen molar-refractivity contribution in [1.29, 1.82) is 0 Å². The Morgan fingerprint density at radius 1 is 1.21 bits per heavy atom. The van der Waals surface area contributed by atoms with Crippen LogP contribution in [0.15, 0.2) is 42.6 Å². The molecule has 1 aromatic heterocycles. The molecule has 7 heteroatoms. The van der Waals surface area contributed by atoms with Gasteiger partial charge in [-0.1, -0.05) is 23.7 Å². The third-order valence-corrected chi connectivity index (χ3v) is 6.01. The van der Waals surface area contributed by atoms with Gasteiger partial charge in [-0.05, 0) is 55.8 Å². The molecule has 154 valence electrons. The van der Waals surface area contributed by atoms with Gasteiger partial charge in [-0.15, -0.1) is 0 Å². The van der Waals surface area contributed by atoms with Crippen LogP contribution < -0.4 is 5.32 Å². The average Bonchev–Trinajstić information content (AvgIpc) is 3.20. The summed E-state index contributed by atoms with van der Waals surface area (Å²) in [4.78, 5) is 0. The maximum atomic E-state index is 13.5. The van der Waals surface area contributed by atoms with Gasteiger partial charge < -0.3 is 14.8 Å². The first-order valence-electron chi connectivity index (χ1n) is 9.81. The summed E-state index contributed by atoms with van der Waals surface area (Å²) in [5.74, 6) is -0.225. The van der Waals surface area contributed by atoms with Gasteiger partial charge in [-0.2, -0.15) is 5.10 Å². The Morgan fingerprint density at radius 3 is 2.69 bits per heavy atom. The molecule has 0 saturated carbocycles. The van der Waals surface area contributed by atoms with Crippen molar-refractivity contribution in [3.63, 3.8) is 0 Å². The number of ether oxygens (including phenoxy) is 2. The zero-order valence-electron chi connectivity index (χ0n) is 16.4. The van der Waals surface area contributed by atoms with Crippen LogP contribution in [-0.4, -0.2) is 43.6 Å². The van der Waals surface area contributed by atoms with E-state index in [9.17, 15) is 4.39 Å². The fraction of sp³-hybridized carbons (Fsp3) is 0.409. The average molecular weight is 418 g/mol. The molecule has 4 rings (SSSR count). The fourth-order valence-corrected chi connectivity index (χ4v) is 4.40. The number of benzene rings is 2. The quantitative estimate of drug-likeness (QED) is 0.599. The van der Waals surface area contributed by atoms with Gasteiger partial charge >= 0.3 is 0 Å². The van der Waals surface area contributed by atoms with E-state index in [1.54, 1.807) is 13.3 Å².